The standard InChI is InChI=1S/C23H27N3O3/c1-27-20-11-9-18(10-12-20)16-25-23(24-14-13-21-7-5-15-29-21)26-17-19-6-3-4-8-22(19)28-2/h3-12,15H,13-14,16-17H2,1-2H3,(H2,24,25,26). The van der Waals surface area contributed by atoms with Gasteiger partial charge in [0.2, 0.25) is 0 Å². The second-order valence-electron chi connectivity index (χ2n) is 6.43. The first kappa shape index (κ1) is 20.3. The zero-order valence-electron chi connectivity index (χ0n) is 16.9. The van der Waals surface area contributed by atoms with Crippen LogP contribution in [0.15, 0.2) is 76.3 Å². The number of ether oxygens (including phenoxy) is 2. The van der Waals surface area contributed by atoms with E-state index in [1.165, 1.54) is 0 Å². The summed E-state index contributed by atoms with van der Waals surface area (Å²) in [7, 11) is 3.34. The van der Waals surface area contributed by atoms with Crippen molar-refractivity contribution in [2.75, 3.05) is 20.8 Å². The summed E-state index contributed by atoms with van der Waals surface area (Å²) < 4.78 is 16.0. The smallest absolute Gasteiger partial charge is 0.191 e. The molecule has 2 N–H and O–H groups in total. The number of methoxy groups -OCH3 is 2. The third kappa shape index (κ3) is 6.31. The fourth-order valence-corrected chi connectivity index (χ4v) is 2.86. The van der Waals surface area contributed by atoms with E-state index in [4.69, 9.17) is 18.9 Å². The van der Waals surface area contributed by atoms with Crippen molar-refractivity contribution in [1.82, 2.24) is 10.6 Å². The summed E-state index contributed by atoms with van der Waals surface area (Å²) in [5.74, 6) is 3.36. The Morgan fingerprint density at radius 3 is 2.48 bits per heavy atom. The highest BCUT2D eigenvalue weighted by Gasteiger charge is 2.05. The number of furan rings is 1. The topological polar surface area (TPSA) is 68.0 Å². The number of rotatable bonds is 9. The fraction of sp³-hybridized carbons (Fsp3) is 0.261. The van der Waals surface area contributed by atoms with Crippen LogP contribution in [0.25, 0.3) is 0 Å². The second-order valence-corrected chi connectivity index (χ2v) is 6.43. The molecule has 0 amide bonds. The molecule has 3 aromatic rings. The van der Waals surface area contributed by atoms with Crippen molar-refractivity contribution in [3.8, 4) is 11.5 Å². The minimum Gasteiger partial charge on any atom is -0.497 e. The van der Waals surface area contributed by atoms with Gasteiger partial charge in [0.15, 0.2) is 5.96 Å². The van der Waals surface area contributed by atoms with E-state index >= 15 is 0 Å². The molecule has 152 valence electrons. The molecule has 0 spiro atoms. The number of guanidine groups is 1. The molecule has 6 heteroatoms. The molecule has 0 saturated carbocycles. The van der Waals surface area contributed by atoms with Crippen LogP contribution in [0.4, 0.5) is 0 Å². The normalized spacial score (nSPS) is 11.2. The van der Waals surface area contributed by atoms with Crippen molar-refractivity contribution < 1.29 is 13.9 Å². The van der Waals surface area contributed by atoms with Crippen LogP contribution in [0.2, 0.25) is 0 Å². The number of nitrogens with zero attached hydrogens (tertiary/aromatic N) is 1. The van der Waals surface area contributed by atoms with Gasteiger partial charge in [0.05, 0.1) is 27.0 Å². The van der Waals surface area contributed by atoms with Gasteiger partial charge in [-0.2, -0.15) is 0 Å². The summed E-state index contributed by atoms with van der Waals surface area (Å²) in [4.78, 5) is 4.72. The van der Waals surface area contributed by atoms with Gasteiger partial charge in [-0.1, -0.05) is 30.3 Å². The Bertz CT molecular complexity index is 890. The summed E-state index contributed by atoms with van der Waals surface area (Å²) in [5, 5.41) is 6.76. The first-order valence-electron chi connectivity index (χ1n) is 9.58. The second kappa shape index (κ2) is 10.8. The van der Waals surface area contributed by atoms with E-state index in [0.717, 1.165) is 40.8 Å². The van der Waals surface area contributed by atoms with Gasteiger partial charge in [0, 0.05) is 25.1 Å². The summed E-state index contributed by atoms with van der Waals surface area (Å²) in [6.07, 6.45) is 2.47. The number of hydrogen-bond donors (Lipinski definition) is 2. The first-order valence-corrected chi connectivity index (χ1v) is 9.58. The number of para-hydroxylation sites is 1. The Morgan fingerprint density at radius 2 is 1.76 bits per heavy atom. The Kier molecular flexibility index (Phi) is 7.57. The third-order valence-electron chi connectivity index (χ3n) is 4.46. The quantitative estimate of drug-likeness (QED) is 0.428. The number of benzene rings is 2. The van der Waals surface area contributed by atoms with Crippen molar-refractivity contribution in [2.24, 2.45) is 4.99 Å². The molecule has 0 saturated heterocycles. The van der Waals surface area contributed by atoms with Gasteiger partial charge in [-0.3, -0.25) is 0 Å². The summed E-state index contributed by atoms with van der Waals surface area (Å²) in [6, 6.07) is 19.7. The average Bonchev–Trinajstić information content (AvgIpc) is 3.29. The molecule has 0 fully saturated rings. The number of hydrogen-bond acceptors (Lipinski definition) is 4. The van der Waals surface area contributed by atoms with Gasteiger partial charge >= 0.3 is 0 Å². The minimum absolute atomic E-state index is 0.562. The Morgan fingerprint density at radius 1 is 0.931 bits per heavy atom. The zero-order valence-corrected chi connectivity index (χ0v) is 16.9. The molecule has 0 unspecified atom stereocenters. The fourth-order valence-electron chi connectivity index (χ4n) is 2.86. The lowest BCUT2D eigenvalue weighted by Gasteiger charge is -2.14. The molecule has 29 heavy (non-hydrogen) atoms. The number of nitrogens with one attached hydrogen (secondary N) is 2. The molecule has 0 bridgehead atoms. The lowest BCUT2D eigenvalue weighted by Crippen LogP contribution is -2.38. The van der Waals surface area contributed by atoms with Crippen LogP contribution in [0.1, 0.15) is 16.9 Å². The van der Waals surface area contributed by atoms with Gasteiger partial charge in [0.1, 0.15) is 17.3 Å². The van der Waals surface area contributed by atoms with Crippen molar-refractivity contribution in [2.45, 2.75) is 19.5 Å². The predicted octanol–water partition coefficient (Wildman–Crippen LogP) is 3.77. The summed E-state index contributed by atoms with van der Waals surface area (Å²) in [6.45, 7) is 1.89. The highest BCUT2D eigenvalue weighted by Crippen LogP contribution is 2.16. The third-order valence-corrected chi connectivity index (χ3v) is 4.46. The molecule has 0 aliphatic heterocycles. The monoisotopic (exact) mass is 393 g/mol. The molecular weight excluding hydrogens is 366 g/mol. The van der Waals surface area contributed by atoms with Crippen LogP contribution < -0.4 is 20.1 Å². The van der Waals surface area contributed by atoms with Gasteiger partial charge in [-0.15, -0.1) is 0 Å². The van der Waals surface area contributed by atoms with Crippen LogP contribution in [0.3, 0.4) is 0 Å². The van der Waals surface area contributed by atoms with Crippen LogP contribution in [0.5, 0.6) is 11.5 Å². The molecule has 6 nitrogen and oxygen atoms in total. The Labute approximate surface area is 171 Å². The molecule has 1 heterocycles. The molecule has 0 aliphatic rings. The Hall–Kier alpha value is -3.41. The lowest BCUT2D eigenvalue weighted by molar-refractivity contribution is 0.409. The SMILES string of the molecule is COc1ccc(CN=C(NCCc2ccco2)NCc2ccccc2OC)cc1. The number of aliphatic imine (C=N–C) groups is 1. The first-order chi connectivity index (χ1) is 14.3. The average molecular weight is 393 g/mol. The largest absolute Gasteiger partial charge is 0.497 e. The predicted molar refractivity (Wildman–Crippen MR) is 114 cm³/mol. The maximum absolute atomic E-state index is 5.43. The maximum atomic E-state index is 5.43. The molecule has 2 aromatic carbocycles. The van der Waals surface area contributed by atoms with Crippen molar-refractivity contribution >= 4 is 5.96 Å². The van der Waals surface area contributed by atoms with E-state index in [1.54, 1.807) is 20.5 Å². The molecule has 0 radical (unpaired) electrons. The van der Waals surface area contributed by atoms with E-state index in [9.17, 15) is 0 Å². The Balaban J connectivity index is 1.64. The lowest BCUT2D eigenvalue weighted by atomic mass is 10.2. The van der Waals surface area contributed by atoms with E-state index in [2.05, 4.69) is 10.6 Å². The van der Waals surface area contributed by atoms with Gasteiger partial charge in [-0.05, 0) is 35.9 Å². The molecule has 1 aromatic heterocycles. The van der Waals surface area contributed by atoms with Crippen LogP contribution in [-0.2, 0) is 19.5 Å². The summed E-state index contributed by atoms with van der Waals surface area (Å²) >= 11 is 0. The van der Waals surface area contributed by atoms with E-state index in [-0.39, 0.29) is 0 Å². The van der Waals surface area contributed by atoms with E-state index in [1.807, 2.05) is 60.7 Å². The highest BCUT2D eigenvalue weighted by atomic mass is 16.5. The summed E-state index contributed by atoms with van der Waals surface area (Å²) in [5.41, 5.74) is 2.18. The van der Waals surface area contributed by atoms with Crippen LogP contribution in [-0.4, -0.2) is 26.7 Å². The van der Waals surface area contributed by atoms with Crippen molar-refractivity contribution in [1.29, 1.82) is 0 Å². The minimum atomic E-state index is 0.562. The molecule has 0 aliphatic carbocycles. The molecular formula is C23H27N3O3. The van der Waals surface area contributed by atoms with Gasteiger partial charge in [-0.25, -0.2) is 4.99 Å². The maximum Gasteiger partial charge on any atom is 0.191 e. The molecule has 0 atom stereocenters. The van der Waals surface area contributed by atoms with E-state index in [0.29, 0.717) is 19.6 Å². The highest BCUT2D eigenvalue weighted by molar-refractivity contribution is 5.79. The van der Waals surface area contributed by atoms with Crippen molar-refractivity contribution in [3.63, 3.8) is 0 Å². The van der Waals surface area contributed by atoms with Crippen molar-refractivity contribution in [3.05, 3.63) is 83.8 Å². The van der Waals surface area contributed by atoms with E-state index < -0.39 is 0 Å². The molecule has 3 rings (SSSR count). The van der Waals surface area contributed by atoms with Gasteiger partial charge < -0.3 is 24.5 Å². The zero-order chi connectivity index (χ0) is 20.3. The van der Waals surface area contributed by atoms with Crippen LogP contribution in [0, 0.1) is 0 Å². The van der Waals surface area contributed by atoms with Gasteiger partial charge in [0.25, 0.3) is 0 Å². The van der Waals surface area contributed by atoms with Crippen LogP contribution >= 0.6 is 0 Å².